The van der Waals surface area contributed by atoms with Gasteiger partial charge in [0.15, 0.2) is 5.96 Å². The molecule has 2 saturated heterocycles. The minimum atomic E-state index is -0.505. The molecule has 0 spiro atoms. The number of hydrogen-bond donors (Lipinski definition) is 1. The van der Waals surface area contributed by atoms with E-state index < -0.39 is 5.60 Å². The zero-order valence-corrected chi connectivity index (χ0v) is 22.2. The number of carbonyl (C=O) groups is 2. The Morgan fingerprint density at radius 3 is 2.03 bits per heavy atom. The lowest BCUT2D eigenvalue weighted by molar-refractivity contribution is -0.131. The number of benzene rings is 1. The maximum absolute atomic E-state index is 12.6. The fraction of sp³-hybridized carbons (Fsp3) is 0.609. The molecule has 2 amide bonds. The van der Waals surface area contributed by atoms with E-state index in [2.05, 4.69) is 22.0 Å². The maximum atomic E-state index is 12.6. The third-order valence-electron chi connectivity index (χ3n) is 5.61. The highest BCUT2D eigenvalue weighted by Gasteiger charge is 2.26. The Labute approximate surface area is 213 Å². The molecule has 0 aliphatic carbocycles. The molecule has 1 aromatic carbocycles. The highest BCUT2D eigenvalue weighted by atomic mass is 127. The van der Waals surface area contributed by atoms with Crippen LogP contribution < -0.4 is 10.6 Å². The van der Waals surface area contributed by atoms with E-state index in [1.54, 1.807) is 4.90 Å². The number of nitrogens with two attached hydrogens (primary N) is 1. The first-order chi connectivity index (χ1) is 15.2. The van der Waals surface area contributed by atoms with Crippen LogP contribution in [0.1, 0.15) is 27.2 Å². The molecule has 9 nitrogen and oxygen atoms in total. The first-order valence-corrected chi connectivity index (χ1v) is 11.3. The van der Waals surface area contributed by atoms with Gasteiger partial charge >= 0.3 is 6.09 Å². The Morgan fingerprint density at radius 2 is 1.45 bits per heavy atom. The molecule has 10 heteroatoms. The van der Waals surface area contributed by atoms with Gasteiger partial charge in [0.2, 0.25) is 5.91 Å². The van der Waals surface area contributed by atoms with E-state index in [4.69, 9.17) is 10.5 Å². The van der Waals surface area contributed by atoms with Crippen molar-refractivity contribution in [2.24, 2.45) is 10.7 Å². The van der Waals surface area contributed by atoms with E-state index in [0.717, 1.165) is 26.2 Å². The van der Waals surface area contributed by atoms with E-state index in [1.165, 1.54) is 5.69 Å². The molecule has 33 heavy (non-hydrogen) atoms. The molecule has 0 radical (unpaired) electrons. The Morgan fingerprint density at radius 1 is 0.909 bits per heavy atom. The lowest BCUT2D eigenvalue weighted by Crippen LogP contribution is -2.53. The summed E-state index contributed by atoms with van der Waals surface area (Å²) in [5.74, 6) is 0.541. The number of piperazine rings is 2. The minimum Gasteiger partial charge on any atom is -0.444 e. The van der Waals surface area contributed by atoms with Gasteiger partial charge in [-0.15, -0.1) is 24.0 Å². The summed E-state index contributed by atoms with van der Waals surface area (Å²) < 4.78 is 5.42. The van der Waals surface area contributed by atoms with Crippen molar-refractivity contribution in [3.8, 4) is 0 Å². The number of amides is 2. The van der Waals surface area contributed by atoms with Gasteiger partial charge < -0.3 is 30.1 Å². The van der Waals surface area contributed by atoms with Crippen molar-refractivity contribution in [1.29, 1.82) is 0 Å². The average Bonchev–Trinajstić information content (AvgIpc) is 2.78. The maximum Gasteiger partial charge on any atom is 0.410 e. The van der Waals surface area contributed by atoms with Crippen molar-refractivity contribution < 1.29 is 14.3 Å². The van der Waals surface area contributed by atoms with Gasteiger partial charge in [-0.1, -0.05) is 18.2 Å². The molecule has 0 aromatic heterocycles. The predicted octanol–water partition coefficient (Wildman–Crippen LogP) is 2.21. The molecule has 2 aliphatic heterocycles. The van der Waals surface area contributed by atoms with E-state index >= 15 is 0 Å². The van der Waals surface area contributed by atoms with Gasteiger partial charge in [0.05, 0.1) is 6.54 Å². The second-order valence-corrected chi connectivity index (χ2v) is 9.15. The zero-order chi connectivity index (χ0) is 23.1. The average molecular weight is 572 g/mol. The molecule has 2 N–H and O–H groups in total. The molecular weight excluding hydrogens is 535 g/mol. The van der Waals surface area contributed by atoms with Gasteiger partial charge in [-0.05, 0) is 32.9 Å². The lowest BCUT2D eigenvalue weighted by Gasteiger charge is -2.36. The molecule has 0 bridgehead atoms. The van der Waals surface area contributed by atoms with E-state index in [0.29, 0.717) is 45.1 Å². The van der Waals surface area contributed by atoms with Crippen molar-refractivity contribution in [2.75, 3.05) is 63.8 Å². The summed E-state index contributed by atoms with van der Waals surface area (Å²) in [5, 5.41) is 0. The van der Waals surface area contributed by atoms with Crippen LogP contribution in [0.5, 0.6) is 0 Å². The summed E-state index contributed by atoms with van der Waals surface area (Å²) in [4.78, 5) is 37.0. The van der Waals surface area contributed by atoms with Crippen LogP contribution in [0.3, 0.4) is 0 Å². The van der Waals surface area contributed by atoms with E-state index in [1.807, 2.05) is 48.8 Å². The number of guanidine groups is 1. The number of nitrogens with zero attached hydrogens (tertiary/aromatic N) is 5. The second kappa shape index (κ2) is 12.3. The molecule has 1 aromatic rings. The molecule has 2 heterocycles. The van der Waals surface area contributed by atoms with Crippen LogP contribution >= 0.6 is 24.0 Å². The number of para-hydroxylation sites is 1. The molecular formula is C23H37IN6O3. The van der Waals surface area contributed by atoms with Gasteiger partial charge in [0.25, 0.3) is 0 Å². The van der Waals surface area contributed by atoms with Crippen LogP contribution in [0.2, 0.25) is 0 Å². The van der Waals surface area contributed by atoms with Crippen LogP contribution in [0.15, 0.2) is 35.3 Å². The largest absolute Gasteiger partial charge is 0.444 e. The van der Waals surface area contributed by atoms with Gasteiger partial charge in [-0.2, -0.15) is 0 Å². The first kappa shape index (κ1) is 27.0. The molecule has 184 valence electrons. The Hall–Kier alpha value is -2.24. The molecule has 3 rings (SSSR count). The summed E-state index contributed by atoms with van der Waals surface area (Å²) in [7, 11) is 0. The van der Waals surface area contributed by atoms with Crippen molar-refractivity contribution in [3.63, 3.8) is 0 Å². The van der Waals surface area contributed by atoms with E-state index in [-0.39, 0.29) is 36.0 Å². The fourth-order valence-electron chi connectivity index (χ4n) is 3.82. The van der Waals surface area contributed by atoms with Crippen molar-refractivity contribution in [1.82, 2.24) is 14.7 Å². The van der Waals surface area contributed by atoms with Gasteiger partial charge in [0.1, 0.15) is 5.60 Å². The number of hydrogen-bond acceptors (Lipinski definition) is 5. The summed E-state index contributed by atoms with van der Waals surface area (Å²) >= 11 is 0. The van der Waals surface area contributed by atoms with Crippen molar-refractivity contribution in [3.05, 3.63) is 30.3 Å². The fourth-order valence-corrected chi connectivity index (χ4v) is 3.82. The number of rotatable bonds is 4. The predicted molar refractivity (Wildman–Crippen MR) is 141 cm³/mol. The smallest absolute Gasteiger partial charge is 0.410 e. The molecule has 0 unspecified atom stereocenters. The number of anilines is 1. The molecule has 0 saturated carbocycles. The van der Waals surface area contributed by atoms with Gasteiger partial charge in [0, 0.05) is 64.5 Å². The van der Waals surface area contributed by atoms with Crippen molar-refractivity contribution in [2.45, 2.75) is 32.8 Å². The summed E-state index contributed by atoms with van der Waals surface area (Å²) in [5.41, 5.74) is 6.82. The van der Waals surface area contributed by atoms with Crippen molar-refractivity contribution >= 4 is 47.6 Å². The van der Waals surface area contributed by atoms with Crippen LogP contribution in [0.25, 0.3) is 0 Å². The minimum absolute atomic E-state index is 0. The summed E-state index contributed by atoms with van der Waals surface area (Å²) in [6.45, 7) is 11.3. The lowest BCUT2D eigenvalue weighted by atomic mass is 10.2. The summed E-state index contributed by atoms with van der Waals surface area (Å²) in [6, 6.07) is 10.3. The second-order valence-electron chi connectivity index (χ2n) is 9.15. The Balaban J connectivity index is 0.00000385. The molecule has 0 atom stereocenters. The number of halogens is 1. The van der Waals surface area contributed by atoms with Crippen LogP contribution in [-0.4, -0.2) is 97.2 Å². The van der Waals surface area contributed by atoms with Crippen LogP contribution in [-0.2, 0) is 9.53 Å². The van der Waals surface area contributed by atoms with Gasteiger partial charge in [-0.3, -0.25) is 9.79 Å². The summed E-state index contributed by atoms with van der Waals surface area (Å²) in [6.07, 6.45) is 0.0507. The van der Waals surface area contributed by atoms with Gasteiger partial charge in [-0.25, -0.2) is 4.79 Å². The normalized spacial score (nSPS) is 17.5. The first-order valence-electron chi connectivity index (χ1n) is 11.3. The van der Waals surface area contributed by atoms with Crippen LogP contribution in [0.4, 0.5) is 10.5 Å². The van der Waals surface area contributed by atoms with Crippen LogP contribution in [0, 0.1) is 0 Å². The highest BCUT2D eigenvalue weighted by Crippen LogP contribution is 2.16. The van der Waals surface area contributed by atoms with E-state index in [9.17, 15) is 9.59 Å². The zero-order valence-electron chi connectivity index (χ0n) is 19.9. The quantitative estimate of drug-likeness (QED) is 0.338. The molecule has 2 fully saturated rings. The number of aliphatic imine (C=N–C) groups is 1. The highest BCUT2D eigenvalue weighted by molar-refractivity contribution is 14.0. The topological polar surface area (TPSA) is 94.7 Å². The third kappa shape index (κ3) is 8.24. The Kier molecular flexibility index (Phi) is 10.1. The Bertz CT molecular complexity index is 798. The third-order valence-corrected chi connectivity index (χ3v) is 5.61. The SMILES string of the molecule is CC(C)(C)OC(=O)N1CCN(C(N)=NCCC(=O)N2CCN(c3ccccc3)CC2)CC1.I. The standard InChI is InChI=1S/C23H36N6O3.HI/c1-23(2,3)32-22(31)29-17-15-28(16-18-29)21(24)25-10-9-20(30)27-13-11-26(12-14-27)19-7-5-4-6-8-19;/h4-8H,9-18H2,1-3H3,(H2,24,25);1H. The molecule has 2 aliphatic rings. The monoisotopic (exact) mass is 572 g/mol. The number of ether oxygens (including phenoxy) is 1. The number of carbonyl (C=O) groups excluding carboxylic acids is 2.